The van der Waals surface area contributed by atoms with Crippen LogP contribution in [0.4, 0.5) is 4.39 Å². The molecule has 1 aromatic carbocycles. The van der Waals surface area contributed by atoms with Crippen molar-refractivity contribution in [1.82, 2.24) is 0 Å². The zero-order valence-electron chi connectivity index (χ0n) is 9.46. The fraction of sp³-hybridized carbons (Fsp3) is 0.538. The first-order chi connectivity index (χ1) is 8.08. The van der Waals surface area contributed by atoms with Crippen LogP contribution in [0.2, 0.25) is 5.02 Å². The Morgan fingerprint density at radius 2 is 2.29 bits per heavy atom. The largest absolute Gasteiger partial charge is 0.373 e. The quantitative estimate of drug-likeness (QED) is 0.882. The van der Waals surface area contributed by atoms with E-state index in [1.165, 1.54) is 6.07 Å². The highest BCUT2D eigenvalue weighted by molar-refractivity contribution is 6.31. The number of halogens is 2. The van der Waals surface area contributed by atoms with Gasteiger partial charge in [-0.15, -0.1) is 0 Å². The van der Waals surface area contributed by atoms with E-state index in [9.17, 15) is 4.39 Å². The van der Waals surface area contributed by atoms with E-state index in [-0.39, 0.29) is 18.0 Å². The van der Waals surface area contributed by atoms with Crippen LogP contribution in [0.3, 0.4) is 0 Å². The van der Waals surface area contributed by atoms with Crippen molar-refractivity contribution in [3.63, 3.8) is 0 Å². The number of benzene rings is 1. The van der Waals surface area contributed by atoms with Gasteiger partial charge in [0.25, 0.3) is 0 Å². The van der Waals surface area contributed by atoms with Gasteiger partial charge < -0.3 is 10.5 Å². The minimum atomic E-state index is -0.450. The molecule has 0 aliphatic carbocycles. The molecule has 17 heavy (non-hydrogen) atoms. The average Bonchev–Trinajstić information content (AvgIpc) is 2.83. The van der Waals surface area contributed by atoms with Gasteiger partial charge in [-0.3, -0.25) is 0 Å². The lowest BCUT2D eigenvalue weighted by molar-refractivity contribution is 0.0855. The Morgan fingerprint density at radius 1 is 1.47 bits per heavy atom. The van der Waals surface area contributed by atoms with Gasteiger partial charge in [0.1, 0.15) is 5.82 Å². The molecule has 3 rings (SSSR count). The normalized spacial score (nSPS) is 35.5. The minimum Gasteiger partial charge on any atom is -0.373 e. The van der Waals surface area contributed by atoms with Crippen LogP contribution in [0.5, 0.6) is 0 Å². The second-order valence-corrected chi connectivity index (χ2v) is 5.55. The van der Waals surface area contributed by atoms with Gasteiger partial charge in [0.15, 0.2) is 0 Å². The molecule has 3 atom stereocenters. The molecule has 2 bridgehead atoms. The van der Waals surface area contributed by atoms with Gasteiger partial charge in [-0.1, -0.05) is 17.7 Å². The molecule has 0 spiro atoms. The first-order valence-electron chi connectivity index (χ1n) is 5.96. The zero-order valence-corrected chi connectivity index (χ0v) is 10.2. The molecule has 0 amide bonds. The van der Waals surface area contributed by atoms with Crippen molar-refractivity contribution in [2.45, 2.75) is 43.4 Å². The first-order valence-corrected chi connectivity index (χ1v) is 6.33. The van der Waals surface area contributed by atoms with Crippen molar-refractivity contribution in [1.29, 1.82) is 0 Å². The van der Waals surface area contributed by atoms with Crippen molar-refractivity contribution in [2.24, 2.45) is 5.73 Å². The molecule has 2 saturated heterocycles. The summed E-state index contributed by atoms with van der Waals surface area (Å²) in [5, 5.41) is 0.456. The van der Waals surface area contributed by atoms with E-state index in [4.69, 9.17) is 22.1 Å². The third kappa shape index (κ3) is 1.86. The van der Waals surface area contributed by atoms with Crippen LogP contribution in [0.1, 0.15) is 24.8 Å². The molecule has 0 saturated carbocycles. The molecule has 2 N–H and O–H groups in total. The highest BCUT2D eigenvalue weighted by atomic mass is 35.5. The summed E-state index contributed by atoms with van der Waals surface area (Å²) in [7, 11) is 0. The second kappa shape index (κ2) is 3.94. The highest BCUT2D eigenvalue weighted by Gasteiger charge is 2.50. The fourth-order valence-corrected chi connectivity index (χ4v) is 3.28. The van der Waals surface area contributed by atoms with Crippen LogP contribution < -0.4 is 5.73 Å². The smallest absolute Gasteiger partial charge is 0.127 e. The van der Waals surface area contributed by atoms with Gasteiger partial charge in [-0.05, 0) is 37.8 Å². The van der Waals surface area contributed by atoms with Crippen LogP contribution >= 0.6 is 11.6 Å². The van der Waals surface area contributed by atoms with E-state index in [0.717, 1.165) is 19.3 Å². The molecule has 2 nitrogen and oxygen atoms in total. The third-order valence-electron chi connectivity index (χ3n) is 3.92. The molecule has 2 fully saturated rings. The van der Waals surface area contributed by atoms with Crippen LogP contribution in [-0.4, -0.2) is 17.7 Å². The zero-order chi connectivity index (χ0) is 12.0. The second-order valence-electron chi connectivity index (χ2n) is 5.14. The summed E-state index contributed by atoms with van der Waals surface area (Å²) in [5.74, 6) is -0.273. The number of hydrogen-bond acceptors (Lipinski definition) is 2. The molecule has 0 radical (unpaired) electrons. The van der Waals surface area contributed by atoms with Gasteiger partial charge in [-0.2, -0.15) is 0 Å². The Morgan fingerprint density at radius 3 is 2.88 bits per heavy atom. The monoisotopic (exact) mass is 255 g/mol. The highest BCUT2D eigenvalue weighted by Crippen LogP contribution is 2.42. The van der Waals surface area contributed by atoms with E-state index in [2.05, 4.69) is 0 Å². The maximum atomic E-state index is 13.7. The van der Waals surface area contributed by atoms with Crippen molar-refractivity contribution >= 4 is 11.6 Å². The van der Waals surface area contributed by atoms with E-state index < -0.39 is 5.54 Å². The lowest BCUT2D eigenvalue weighted by atomic mass is 9.78. The topological polar surface area (TPSA) is 35.2 Å². The van der Waals surface area contributed by atoms with Gasteiger partial charge >= 0.3 is 0 Å². The van der Waals surface area contributed by atoms with Gasteiger partial charge in [0.2, 0.25) is 0 Å². The molecule has 3 unspecified atom stereocenters. The summed E-state index contributed by atoms with van der Waals surface area (Å²) < 4.78 is 19.5. The number of rotatable bonds is 2. The van der Waals surface area contributed by atoms with Gasteiger partial charge in [-0.25, -0.2) is 4.39 Å². The average molecular weight is 256 g/mol. The summed E-state index contributed by atoms with van der Waals surface area (Å²) in [4.78, 5) is 0. The Bertz CT molecular complexity index is 433. The molecular formula is C13H15ClFNO. The predicted octanol–water partition coefficient (Wildman–Crippen LogP) is 2.67. The molecule has 4 heteroatoms. The summed E-state index contributed by atoms with van der Waals surface area (Å²) >= 11 is 6.04. The standard InChI is InChI=1S/C13H15ClFNO/c14-10-2-1-3-11(15)9(10)7-13(16)6-8-4-5-12(13)17-8/h1-3,8,12H,4-7,16H2. The van der Waals surface area contributed by atoms with E-state index >= 15 is 0 Å². The van der Waals surface area contributed by atoms with E-state index in [1.807, 2.05) is 0 Å². The maximum absolute atomic E-state index is 13.7. The molecule has 2 aliphatic rings. The summed E-state index contributed by atoms with van der Waals surface area (Å²) in [6, 6.07) is 4.75. The Hall–Kier alpha value is -0.640. The fourth-order valence-electron chi connectivity index (χ4n) is 3.05. The molecule has 0 aromatic heterocycles. The van der Waals surface area contributed by atoms with Crippen molar-refractivity contribution in [2.75, 3.05) is 0 Å². The Balaban J connectivity index is 1.88. The number of fused-ring (bicyclic) bond motifs is 2. The molecule has 92 valence electrons. The minimum absolute atomic E-state index is 0.0585. The maximum Gasteiger partial charge on any atom is 0.127 e. The van der Waals surface area contributed by atoms with Gasteiger partial charge in [0.05, 0.1) is 12.2 Å². The van der Waals surface area contributed by atoms with Crippen LogP contribution in [-0.2, 0) is 11.2 Å². The number of hydrogen-bond donors (Lipinski definition) is 1. The lowest BCUT2D eigenvalue weighted by Gasteiger charge is -2.31. The van der Waals surface area contributed by atoms with E-state index in [1.54, 1.807) is 12.1 Å². The number of ether oxygens (including phenoxy) is 1. The molecule has 2 aliphatic heterocycles. The van der Waals surface area contributed by atoms with Crippen molar-refractivity contribution < 1.29 is 9.13 Å². The summed E-state index contributed by atoms with van der Waals surface area (Å²) in [6.45, 7) is 0. The SMILES string of the molecule is NC1(Cc2c(F)cccc2Cl)CC2CCC1O2. The summed E-state index contributed by atoms with van der Waals surface area (Å²) in [5.41, 5.74) is 6.44. The first kappa shape index (κ1) is 11.5. The lowest BCUT2D eigenvalue weighted by Crippen LogP contribution is -2.50. The molecular weight excluding hydrogens is 241 g/mol. The van der Waals surface area contributed by atoms with Gasteiger partial charge in [0, 0.05) is 16.1 Å². The molecule has 2 heterocycles. The molecule has 1 aromatic rings. The van der Waals surface area contributed by atoms with Crippen LogP contribution in [0.15, 0.2) is 18.2 Å². The summed E-state index contributed by atoms with van der Waals surface area (Å²) in [6.07, 6.45) is 3.64. The predicted molar refractivity (Wildman–Crippen MR) is 64.5 cm³/mol. The Kier molecular flexibility index (Phi) is 2.65. The van der Waals surface area contributed by atoms with E-state index in [0.29, 0.717) is 17.0 Å². The van der Waals surface area contributed by atoms with Crippen LogP contribution in [0.25, 0.3) is 0 Å². The number of nitrogens with two attached hydrogens (primary N) is 1. The van der Waals surface area contributed by atoms with Crippen molar-refractivity contribution in [3.8, 4) is 0 Å². The van der Waals surface area contributed by atoms with Crippen LogP contribution in [0, 0.1) is 5.82 Å². The van der Waals surface area contributed by atoms with Crippen molar-refractivity contribution in [3.05, 3.63) is 34.6 Å². The Labute approximate surface area is 105 Å². The third-order valence-corrected chi connectivity index (χ3v) is 4.28.